The Labute approximate surface area is 117 Å². The molecule has 0 radical (unpaired) electrons. The molecule has 2 aromatic rings. The summed E-state index contributed by atoms with van der Waals surface area (Å²) in [4.78, 5) is 11.8. The van der Waals surface area contributed by atoms with Gasteiger partial charge in [0, 0.05) is 5.56 Å². The number of Topliss-reactive ketones (excluding diaryl/α,β-unsaturated/α-hetero) is 1. The van der Waals surface area contributed by atoms with Crippen LogP contribution < -0.4 is 4.74 Å². The molecule has 2 nitrogen and oxygen atoms in total. The monoisotopic (exact) mass is 272 g/mol. The van der Waals surface area contributed by atoms with Gasteiger partial charge in [0.15, 0.2) is 5.78 Å². The lowest BCUT2D eigenvalue weighted by molar-refractivity contribution is 0.102. The van der Waals surface area contributed by atoms with Crippen molar-refractivity contribution in [1.82, 2.24) is 0 Å². The molecule has 0 aliphatic heterocycles. The molecule has 3 heteroatoms. The first kappa shape index (κ1) is 13.7. The van der Waals surface area contributed by atoms with Crippen LogP contribution in [0.25, 0.3) is 0 Å². The largest absolute Gasteiger partial charge is 0.457 e. The van der Waals surface area contributed by atoms with E-state index in [1.807, 2.05) is 54.6 Å². The molecule has 2 rings (SSSR count). The molecule has 0 saturated heterocycles. The predicted octanol–water partition coefficient (Wildman–Crippen LogP) is 4.41. The highest BCUT2D eigenvalue weighted by Crippen LogP contribution is 2.21. The van der Waals surface area contributed by atoms with Crippen molar-refractivity contribution < 1.29 is 9.53 Å². The van der Waals surface area contributed by atoms with E-state index in [0.29, 0.717) is 5.75 Å². The summed E-state index contributed by atoms with van der Waals surface area (Å²) in [6.45, 7) is 2.05. The van der Waals surface area contributed by atoms with Crippen molar-refractivity contribution >= 4 is 17.5 Å². The summed E-state index contributed by atoms with van der Waals surface area (Å²) in [7, 11) is 0. The summed E-state index contributed by atoms with van der Waals surface area (Å²) in [5.74, 6) is 3.20. The molecule has 0 fully saturated rings. The van der Waals surface area contributed by atoms with Crippen molar-refractivity contribution in [2.45, 2.75) is 6.92 Å². The van der Waals surface area contributed by atoms with Crippen molar-refractivity contribution in [2.24, 2.45) is 0 Å². The van der Waals surface area contributed by atoms with Gasteiger partial charge in [0.25, 0.3) is 0 Å². The maximum absolute atomic E-state index is 11.8. The molecule has 0 atom stereocenters. The van der Waals surface area contributed by atoms with E-state index in [-0.39, 0.29) is 5.78 Å². The number of hydrogen-bond acceptors (Lipinski definition) is 3. The van der Waals surface area contributed by atoms with E-state index < -0.39 is 0 Å². The number of hydrogen-bond donors (Lipinski definition) is 0. The second-order valence-corrected chi connectivity index (χ2v) is 5.27. The molecule has 0 bridgehead atoms. The number of ketones is 1. The highest BCUT2D eigenvalue weighted by atomic mass is 32.2. The van der Waals surface area contributed by atoms with Crippen molar-refractivity contribution in [3.05, 3.63) is 60.2 Å². The van der Waals surface area contributed by atoms with Gasteiger partial charge in [-0.1, -0.05) is 25.1 Å². The molecule has 0 aromatic heterocycles. The van der Waals surface area contributed by atoms with Crippen LogP contribution in [-0.4, -0.2) is 17.3 Å². The summed E-state index contributed by atoms with van der Waals surface area (Å²) in [5, 5.41) is 0. The molecule has 0 aliphatic carbocycles. The van der Waals surface area contributed by atoms with Crippen molar-refractivity contribution in [1.29, 1.82) is 0 Å². The van der Waals surface area contributed by atoms with Gasteiger partial charge in [0.1, 0.15) is 11.5 Å². The molecule has 19 heavy (non-hydrogen) atoms. The number of carbonyl (C=O) groups is 1. The number of para-hydroxylation sites is 1. The van der Waals surface area contributed by atoms with E-state index in [4.69, 9.17) is 4.74 Å². The standard InChI is InChI=1S/C16H16O2S/c1-2-19-12-16(17)13-8-10-15(11-9-13)18-14-6-4-3-5-7-14/h3-11H,2,12H2,1H3. The van der Waals surface area contributed by atoms with E-state index in [2.05, 4.69) is 6.92 Å². The quantitative estimate of drug-likeness (QED) is 0.728. The van der Waals surface area contributed by atoms with Crippen LogP contribution in [0.3, 0.4) is 0 Å². The Morgan fingerprint density at radius 1 is 1.00 bits per heavy atom. The minimum absolute atomic E-state index is 0.165. The average molecular weight is 272 g/mol. The normalized spacial score (nSPS) is 10.2. The lowest BCUT2D eigenvalue weighted by atomic mass is 10.1. The Hall–Kier alpha value is -1.74. The Bertz CT molecular complexity index is 520. The van der Waals surface area contributed by atoms with Crippen LogP contribution in [0.1, 0.15) is 17.3 Å². The predicted molar refractivity (Wildman–Crippen MR) is 80.3 cm³/mol. The summed E-state index contributed by atoms with van der Waals surface area (Å²) in [6.07, 6.45) is 0. The summed E-state index contributed by atoms with van der Waals surface area (Å²) < 4.78 is 5.68. The van der Waals surface area contributed by atoms with E-state index >= 15 is 0 Å². The number of ether oxygens (including phenoxy) is 1. The van der Waals surface area contributed by atoms with Crippen LogP contribution in [0, 0.1) is 0 Å². The summed E-state index contributed by atoms with van der Waals surface area (Å²) in [5.41, 5.74) is 0.737. The zero-order chi connectivity index (χ0) is 13.5. The maximum atomic E-state index is 11.8. The first-order valence-electron chi connectivity index (χ1n) is 6.23. The molecule has 0 aliphatic rings. The third kappa shape index (κ3) is 4.14. The van der Waals surface area contributed by atoms with Crippen LogP contribution in [0.5, 0.6) is 11.5 Å². The van der Waals surface area contributed by atoms with Gasteiger partial charge in [-0.3, -0.25) is 4.79 Å². The molecular formula is C16H16O2S. The van der Waals surface area contributed by atoms with E-state index in [9.17, 15) is 4.79 Å². The lowest BCUT2D eigenvalue weighted by Gasteiger charge is -2.06. The van der Waals surface area contributed by atoms with Gasteiger partial charge < -0.3 is 4.74 Å². The number of benzene rings is 2. The average Bonchev–Trinajstić information content (AvgIpc) is 2.46. The fourth-order valence-electron chi connectivity index (χ4n) is 1.61. The second-order valence-electron chi connectivity index (χ2n) is 4.00. The topological polar surface area (TPSA) is 26.3 Å². The molecule has 0 amide bonds. The summed E-state index contributed by atoms with van der Waals surface area (Å²) >= 11 is 1.64. The van der Waals surface area contributed by atoms with Crippen LogP contribution in [0.15, 0.2) is 54.6 Å². The molecule has 0 heterocycles. The Balaban J connectivity index is 2.00. The minimum atomic E-state index is 0.165. The van der Waals surface area contributed by atoms with Crippen LogP contribution in [-0.2, 0) is 0 Å². The fraction of sp³-hybridized carbons (Fsp3) is 0.188. The van der Waals surface area contributed by atoms with Crippen molar-refractivity contribution in [2.75, 3.05) is 11.5 Å². The van der Waals surface area contributed by atoms with Gasteiger partial charge in [-0.25, -0.2) is 0 Å². The molecule has 2 aromatic carbocycles. The second kappa shape index (κ2) is 7.00. The van der Waals surface area contributed by atoms with Gasteiger partial charge in [0.05, 0.1) is 5.75 Å². The van der Waals surface area contributed by atoms with Crippen molar-refractivity contribution in [3.63, 3.8) is 0 Å². The van der Waals surface area contributed by atoms with E-state index in [0.717, 1.165) is 22.8 Å². The fourth-order valence-corrected chi connectivity index (χ4v) is 2.17. The van der Waals surface area contributed by atoms with Gasteiger partial charge in [0.2, 0.25) is 0 Å². The SMILES string of the molecule is CCSCC(=O)c1ccc(Oc2ccccc2)cc1. The van der Waals surface area contributed by atoms with Gasteiger partial charge >= 0.3 is 0 Å². The lowest BCUT2D eigenvalue weighted by Crippen LogP contribution is -2.02. The Kier molecular flexibility index (Phi) is 5.04. The molecule has 98 valence electrons. The van der Waals surface area contributed by atoms with Gasteiger partial charge in [-0.05, 0) is 42.2 Å². The maximum Gasteiger partial charge on any atom is 0.172 e. The smallest absolute Gasteiger partial charge is 0.172 e. The van der Waals surface area contributed by atoms with Gasteiger partial charge in [-0.15, -0.1) is 0 Å². The number of thioether (sulfide) groups is 1. The molecule has 0 saturated carbocycles. The van der Waals surface area contributed by atoms with E-state index in [1.165, 1.54) is 0 Å². The number of carbonyl (C=O) groups excluding carboxylic acids is 1. The highest BCUT2D eigenvalue weighted by molar-refractivity contribution is 7.99. The zero-order valence-electron chi connectivity index (χ0n) is 10.8. The first-order chi connectivity index (χ1) is 9.29. The Morgan fingerprint density at radius 3 is 2.26 bits per heavy atom. The molecule has 0 N–H and O–H groups in total. The third-order valence-electron chi connectivity index (χ3n) is 2.59. The van der Waals surface area contributed by atoms with Crippen LogP contribution in [0.4, 0.5) is 0 Å². The Morgan fingerprint density at radius 2 is 1.63 bits per heavy atom. The van der Waals surface area contributed by atoms with Crippen LogP contribution in [0.2, 0.25) is 0 Å². The molecular weight excluding hydrogens is 256 g/mol. The number of rotatable bonds is 6. The van der Waals surface area contributed by atoms with E-state index in [1.54, 1.807) is 11.8 Å². The van der Waals surface area contributed by atoms with Crippen molar-refractivity contribution in [3.8, 4) is 11.5 Å². The van der Waals surface area contributed by atoms with Crippen LogP contribution >= 0.6 is 11.8 Å². The molecule has 0 spiro atoms. The highest BCUT2D eigenvalue weighted by Gasteiger charge is 2.05. The van der Waals surface area contributed by atoms with Gasteiger partial charge in [-0.2, -0.15) is 11.8 Å². The summed E-state index contributed by atoms with van der Waals surface area (Å²) in [6, 6.07) is 16.9. The third-order valence-corrected chi connectivity index (χ3v) is 3.47. The zero-order valence-corrected chi connectivity index (χ0v) is 11.7. The minimum Gasteiger partial charge on any atom is -0.457 e. The molecule has 0 unspecified atom stereocenters. The first-order valence-corrected chi connectivity index (χ1v) is 7.39.